The predicted molar refractivity (Wildman–Crippen MR) is 86.4 cm³/mol. The van der Waals surface area contributed by atoms with Gasteiger partial charge in [-0.1, -0.05) is 58.7 Å². The summed E-state index contributed by atoms with van der Waals surface area (Å²) >= 11 is 13.0. The first kappa shape index (κ1) is 14.4. The molecule has 3 heterocycles. The van der Waals surface area contributed by atoms with Gasteiger partial charge in [-0.2, -0.15) is 4.37 Å². The number of hydrogen-bond acceptors (Lipinski definition) is 7. The third kappa shape index (κ3) is 2.63. The molecular weight excluding hydrogens is 359 g/mol. The normalized spacial score (nSPS) is 11.0. The zero-order chi connectivity index (χ0) is 15.8. The third-order valence-corrected chi connectivity index (χ3v) is 4.62. The van der Waals surface area contributed by atoms with Crippen LogP contribution in [0.2, 0.25) is 9.36 Å². The van der Waals surface area contributed by atoms with Gasteiger partial charge in [0.25, 0.3) is 11.8 Å². The molecule has 0 unspecified atom stereocenters. The SMILES string of the molecule is Clc1snc(-c2nnc(-c3cc(-c4ccccc4)on3)o2)c1Cl. The van der Waals surface area contributed by atoms with E-state index < -0.39 is 0 Å². The molecule has 0 radical (unpaired) electrons. The monoisotopic (exact) mass is 364 g/mol. The maximum absolute atomic E-state index is 6.04. The van der Waals surface area contributed by atoms with E-state index in [1.165, 1.54) is 0 Å². The molecule has 4 rings (SSSR count). The lowest BCUT2D eigenvalue weighted by molar-refractivity contribution is 0.431. The summed E-state index contributed by atoms with van der Waals surface area (Å²) in [5.41, 5.74) is 1.69. The fourth-order valence-corrected chi connectivity index (χ4v) is 2.92. The van der Waals surface area contributed by atoms with Crippen LogP contribution >= 0.6 is 34.7 Å². The van der Waals surface area contributed by atoms with Crippen LogP contribution in [0.1, 0.15) is 0 Å². The average molecular weight is 365 g/mol. The maximum atomic E-state index is 6.04. The molecule has 114 valence electrons. The van der Waals surface area contributed by atoms with Gasteiger partial charge in [0.1, 0.15) is 9.36 Å². The van der Waals surface area contributed by atoms with Gasteiger partial charge in [-0.25, -0.2) is 0 Å². The number of rotatable bonds is 3. The van der Waals surface area contributed by atoms with E-state index in [2.05, 4.69) is 19.7 Å². The Morgan fingerprint density at radius 2 is 1.78 bits per heavy atom. The second-order valence-corrected chi connectivity index (χ2v) is 6.23. The van der Waals surface area contributed by atoms with Crippen LogP contribution in [0, 0.1) is 0 Å². The van der Waals surface area contributed by atoms with Crippen molar-refractivity contribution in [3.8, 4) is 34.5 Å². The van der Waals surface area contributed by atoms with Crippen LogP contribution < -0.4 is 0 Å². The van der Waals surface area contributed by atoms with Crippen LogP contribution in [0.15, 0.2) is 45.3 Å². The number of halogens is 2. The van der Waals surface area contributed by atoms with E-state index in [-0.39, 0.29) is 16.8 Å². The molecule has 0 saturated carbocycles. The van der Waals surface area contributed by atoms with E-state index in [1.54, 1.807) is 6.07 Å². The fraction of sp³-hybridized carbons (Fsp3) is 0. The van der Waals surface area contributed by atoms with Crippen LogP contribution in [0.3, 0.4) is 0 Å². The minimum Gasteiger partial charge on any atom is -0.413 e. The van der Waals surface area contributed by atoms with E-state index in [9.17, 15) is 0 Å². The summed E-state index contributed by atoms with van der Waals surface area (Å²) in [5.74, 6) is 0.999. The predicted octanol–water partition coefficient (Wildman–Crippen LogP) is 4.82. The van der Waals surface area contributed by atoms with Gasteiger partial charge in [0.15, 0.2) is 17.1 Å². The van der Waals surface area contributed by atoms with Crippen LogP contribution in [0.5, 0.6) is 0 Å². The van der Waals surface area contributed by atoms with E-state index in [1.807, 2.05) is 30.3 Å². The first-order chi connectivity index (χ1) is 11.2. The molecule has 0 N–H and O–H groups in total. The Morgan fingerprint density at radius 3 is 2.52 bits per heavy atom. The molecule has 0 aliphatic rings. The minimum absolute atomic E-state index is 0.178. The Hall–Kier alpha value is -2.22. The van der Waals surface area contributed by atoms with E-state index in [4.69, 9.17) is 32.1 Å². The fourth-order valence-electron chi connectivity index (χ4n) is 1.93. The van der Waals surface area contributed by atoms with Gasteiger partial charge in [-0.05, 0) is 11.5 Å². The van der Waals surface area contributed by atoms with E-state index in [0.717, 1.165) is 17.1 Å². The zero-order valence-electron chi connectivity index (χ0n) is 11.2. The van der Waals surface area contributed by atoms with Crippen molar-refractivity contribution in [2.45, 2.75) is 0 Å². The van der Waals surface area contributed by atoms with Crippen molar-refractivity contribution in [2.75, 3.05) is 0 Å². The molecule has 23 heavy (non-hydrogen) atoms. The zero-order valence-corrected chi connectivity index (χ0v) is 13.6. The number of benzene rings is 1. The van der Waals surface area contributed by atoms with Gasteiger partial charge < -0.3 is 8.94 Å². The van der Waals surface area contributed by atoms with Gasteiger partial charge in [0, 0.05) is 11.6 Å². The molecule has 0 fully saturated rings. The highest BCUT2D eigenvalue weighted by Gasteiger charge is 2.20. The van der Waals surface area contributed by atoms with Crippen LogP contribution in [0.4, 0.5) is 0 Å². The summed E-state index contributed by atoms with van der Waals surface area (Å²) in [6.07, 6.45) is 0. The largest absolute Gasteiger partial charge is 0.413 e. The molecule has 9 heteroatoms. The van der Waals surface area contributed by atoms with Crippen molar-refractivity contribution in [3.05, 3.63) is 45.8 Å². The van der Waals surface area contributed by atoms with Crippen molar-refractivity contribution in [1.29, 1.82) is 0 Å². The lowest BCUT2D eigenvalue weighted by atomic mass is 10.2. The lowest BCUT2D eigenvalue weighted by Crippen LogP contribution is -1.77. The summed E-state index contributed by atoms with van der Waals surface area (Å²) in [5, 5.41) is 12.1. The summed E-state index contributed by atoms with van der Waals surface area (Å²) in [7, 11) is 0. The Bertz CT molecular complexity index is 964. The Labute approximate surface area is 143 Å². The summed E-state index contributed by atoms with van der Waals surface area (Å²) < 4.78 is 15.3. The molecule has 0 bridgehead atoms. The number of nitrogens with zero attached hydrogens (tertiary/aromatic N) is 4. The molecular formula is C14H6Cl2N4O2S. The second-order valence-electron chi connectivity index (χ2n) is 4.47. The van der Waals surface area contributed by atoms with Gasteiger partial charge in [0.2, 0.25) is 0 Å². The highest BCUT2D eigenvalue weighted by atomic mass is 35.5. The van der Waals surface area contributed by atoms with Gasteiger partial charge in [-0.3, -0.25) is 0 Å². The molecule has 0 aliphatic carbocycles. The van der Waals surface area contributed by atoms with Crippen molar-refractivity contribution in [1.82, 2.24) is 19.7 Å². The van der Waals surface area contributed by atoms with E-state index >= 15 is 0 Å². The molecule has 0 spiro atoms. The van der Waals surface area contributed by atoms with Gasteiger partial charge in [-0.15, -0.1) is 10.2 Å². The standard InChI is InChI=1S/C14H6Cl2N4O2S/c15-10-11(20-23-12(10)16)14-18-17-13(21-14)8-6-9(22-19-8)7-4-2-1-3-5-7/h1-6H. The van der Waals surface area contributed by atoms with Crippen LogP contribution in [0.25, 0.3) is 34.5 Å². The maximum Gasteiger partial charge on any atom is 0.270 e. The van der Waals surface area contributed by atoms with E-state index in [0.29, 0.717) is 21.5 Å². The average Bonchev–Trinajstić information content (AvgIpc) is 3.29. The first-order valence-corrected chi connectivity index (χ1v) is 7.92. The molecule has 1 aromatic carbocycles. The van der Waals surface area contributed by atoms with Crippen molar-refractivity contribution in [2.24, 2.45) is 0 Å². The number of hydrogen-bond donors (Lipinski definition) is 0. The summed E-state index contributed by atoms with van der Waals surface area (Å²) in [6.45, 7) is 0. The Balaban J connectivity index is 1.68. The third-order valence-electron chi connectivity index (χ3n) is 3.01. The molecule has 0 aliphatic heterocycles. The summed E-state index contributed by atoms with van der Waals surface area (Å²) in [4.78, 5) is 0. The second kappa shape index (κ2) is 5.77. The smallest absolute Gasteiger partial charge is 0.270 e. The highest BCUT2D eigenvalue weighted by molar-refractivity contribution is 7.11. The minimum atomic E-state index is 0.178. The van der Waals surface area contributed by atoms with Crippen molar-refractivity contribution in [3.63, 3.8) is 0 Å². The molecule has 0 amide bonds. The Morgan fingerprint density at radius 1 is 1.00 bits per heavy atom. The van der Waals surface area contributed by atoms with Crippen LogP contribution in [-0.4, -0.2) is 19.7 Å². The first-order valence-electron chi connectivity index (χ1n) is 6.39. The van der Waals surface area contributed by atoms with Crippen molar-refractivity contribution >= 4 is 34.7 Å². The molecule has 0 atom stereocenters. The molecule has 3 aromatic heterocycles. The van der Waals surface area contributed by atoms with Gasteiger partial charge in [0.05, 0.1) is 0 Å². The Kier molecular flexibility index (Phi) is 3.60. The topological polar surface area (TPSA) is 77.8 Å². The molecule has 0 saturated heterocycles. The van der Waals surface area contributed by atoms with Gasteiger partial charge >= 0.3 is 0 Å². The lowest BCUT2D eigenvalue weighted by Gasteiger charge is -1.91. The number of aromatic nitrogens is 4. The molecule has 4 aromatic rings. The summed E-state index contributed by atoms with van der Waals surface area (Å²) in [6, 6.07) is 11.3. The highest BCUT2D eigenvalue weighted by Crippen LogP contribution is 2.36. The van der Waals surface area contributed by atoms with Crippen LogP contribution in [-0.2, 0) is 0 Å². The molecule has 6 nitrogen and oxygen atoms in total. The van der Waals surface area contributed by atoms with Crippen molar-refractivity contribution < 1.29 is 8.94 Å². The quantitative estimate of drug-likeness (QED) is 0.518.